The van der Waals surface area contributed by atoms with Gasteiger partial charge in [0.15, 0.2) is 6.61 Å². The van der Waals surface area contributed by atoms with Crippen molar-refractivity contribution >= 4 is 27.6 Å². The van der Waals surface area contributed by atoms with Gasteiger partial charge in [0.1, 0.15) is 5.75 Å². The molecular weight excluding hydrogens is 390 g/mol. The Morgan fingerprint density at radius 3 is 2.52 bits per heavy atom. The molecule has 0 aromatic heterocycles. The van der Waals surface area contributed by atoms with Gasteiger partial charge < -0.3 is 9.84 Å². The molecule has 0 saturated heterocycles. The second-order valence-electron chi connectivity index (χ2n) is 6.16. The molecule has 2 rings (SSSR count). The van der Waals surface area contributed by atoms with Crippen molar-refractivity contribution in [3.8, 4) is 5.75 Å². The molecule has 0 unspecified atom stereocenters. The average Bonchev–Trinajstić information content (AvgIpc) is 2.59. The van der Waals surface area contributed by atoms with Gasteiger partial charge in [0.05, 0.1) is 6.26 Å². The van der Waals surface area contributed by atoms with Crippen molar-refractivity contribution in [2.24, 2.45) is 0 Å². The number of nitrogens with zero attached hydrogens (tertiary/aromatic N) is 1. The minimum absolute atomic E-state index is 0.193. The van der Waals surface area contributed by atoms with E-state index >= 15 is 0 Å². The number of sulfonamides is 1. The van der Waals surface area contributed by atoms with Crippen LogP contribution in [0.2, 0.25) is 5.02 Å². The van der Waals surface area contributed by atoms with Crippen molar-refractivity contribution in [1.29, 1.82) is 0 Å². The van der Waals surface area contributed by atoms with Crippen LogP contribution in [-0.2, 0) is 27.8 Å². The fraction of sp³-hybridized carbons (Fsp3) is 0.316. The van der Waals surface area contributed by atoms with Crippen LogP contribution in [0, 0.1) is 0 Å². The van der Waals surface area contributed by atoms with E-state index < -0.39 is 22.6 Å². The van der Waals surface area contributed by atoms with Gasteiger partial charge in [-0.2, -0.15) is 4.31 Å². The van der Waals surface area contributed by atoms with Gasteiger partial charge in [-0.1, -0.05) is 35.9 Å². The zero-order valence-electron chi connectivity index (χ0n) is 15.0. The Morgan fingerprint density at radius 2 is 1.85 bits per heavy atom. The number of halogens is 1. The fourth-order valence-electron chi connectivity index (χ4n) is 2.60. The maximum Gasteiger partial charge on any atom is 0.341 e. The summed E-state index contributed by atoms with van der Waals surface area (Å²) in [6.45, 7) is 0.114. The molecule has 0 heterocycles. The van der Waals surface area contributed by atoms with E-state index in [-0.39, 0.29) is 6.54 Å². The summed E-state index contributed by atoms with van der Waals surface area (Å²) in [7, 11) is -3.39. The normalized spacial score (nSPS) is 11.5. The van der Waals surface area contributed by atoms with Crippen LogP contribution >= 0.6 is 11.6 Å². The predicted molar refractivity (Wildman–Crippen MR) is 105 cm³/mol. The summed E-state index contributed by atoms with van der Waals surface area (Å²) in [6.07, 6.45) is 2.55. The van der Waals surface area contributed by atoms with Crippen LogP contribution in [0.1, 0.15) is 17.5 Å². The van der Waals surface area contributed by atoms with Gasteiger partial charge in [0.25, 0.3) is 0 Å². The molecule has 2 aromatic rings. The molecule has 0 radical (unpaired) electrons. The number of hydrogen-bond acceptors (Lipinski definition) is 4. The highest BCUT2D eigenvalue weighted by Gasteiger charge is 2.17. The lowest BCUT2D eigenvalue weighted by Crippen LogP contribution is -2.30. The van der Waals surface area contributed by atoms with E-state index in [4.69, 9.17) is 21.4 Å². The number of carbonyl (C=O) groups is 1. The van der Waals surface area contributed by atoms with E-state index in [0.717, 1.165) is 11.1 Å². The van der Waals surface area contributed by atoms with Crippen LogP contribution in [0.3, 0.4) is 0 Å². The molecule has 146 valence electrons. The number of benzene rings is 2. The molecule has 1 N–H and O–H groups in total. The summed E-state index contributed by atoms with van der Waals surface area (Å²) in [5, 5.41) is 9.34. The van der Waals surface area contributed by atoms with E-state index in [9.17, 15) is 13.2 Å². The Balaban J connectivity index is 2.00. The van der Waals surface area contributed by atoms with Gasteiger partial charge in [-0.15, -0.1) is 0 Å². The molecule has 0 bridgehead atoms. The lowest BCUT2D eigenvalue weighted by Gasteiger charge is -2.20. The lowest BCUT2D eigenvalue weighted by atomic mass is 10.1. The van der Waals surface area contributed by atoms with E-state index in [0.29, 0.717) is 30.2 Å². The highest BCUT2D eigenvalue weighted by Crippen LogP contribution is 2.17. The van der Waals surface area contributed by atoms with E-state index in [1.54, 1.807) is 30.3 Å². The first-order valence-corrected chi connectivity index (χ1v) is 10.6. The summed E-state index contributed by atoms with van der Waals surface area (Å²) in [5.41, 5.74) is 1.78. The molecule has 27 heavy (non-hydrogen) atoms. The fourth-order valence-corrected chi connectivity index (χ4v) is 3.65. The van der Waals surface area contributed by atoms with Crippen molar-refractivity contribution in [2.75, 3.05) is 19.4 Å². The quantitative estimate of drug-likeness (QED) is 0.649. The number of ether oxygens (including phenoxy) is 1. The van der Waals surface area contributed by atoms with Crippen LogP contribution < -0.4 is 4.74 Å². The van der Waals surface area contributed by atoms with E-state index in [2.05, 4.69) is 0 Å². The summed E-state index contributed by atoms with van der Waals surface area (Å²) < 4.78 is 30.8. The Kier molecular flexibility index (Phi) is 7.65. The molecule has 0 spiro atoms. The monoisotopic (exact) mass is 411 g/mol. The SMILES string of the molecule is CS(=O)(=O)N(CCCc1cccc(Cl)c1)Cc1cccc(OCC(=O)O)c1. The second-order valence-corrected chi connectivity index (χ2v) is 8.58. The molecule has 0 fully saturated rings. The average molecular weight is 412 g/mol. The molecule has 0 amide bonds. The summed E-state index contributed by atoms with van der Waals surface area (Å²) in [4.78, 5) is 10.6. The summed E-state index contributed by atoms with van der Waals surface area (Å²) in [6, 6.07) is 14.3. The van der Waals surface area contributed by atoms with Crippen molar-refractivity contribution in [3.05, 3.63) is 64.7 Å². The Morgan fingerprint density at radius 1 is 1.15 bits per heavy atom. The van der Waals surface area contributed by atoms with Gasteiger partial charge in [0.2, 0.25) is 10.0 Å². The van der Waals surface area contributed by atoms with Crippen LogP contribution in [0.4, 0.5) is 0 Å². The molecule has 0 aliphatic rings. The summed E-state index contributed by atoms with van der Waals surface area (Å²) in [5.74, 6) is -0.679. The zero-order valence-corrected chi connectivity index (χ0v) is 16.5. The van der Waals surface area contributed by atoms with Crippen LogP contribution in [0.5, 0.6) is 5.75 Å². The molecule has 0 atom stereocenters. The molecule has 6 nitrogen and oxygen atoms in total. The molecular formula is C19H22ClNO5S. The smallest absolute Gasteiger partial charge is 0.341 e. The molecule has 2 aromatic carbocycles. The minimum atomic E-state index is -3.39. The van der Waals surface area contributed by atoms with Gasteiger partial charge in [-0.05, 0) is 48.2 Å². The first-order chi connectivity index (χ1) is 12.7. The van der Waals surface area contributed by atoms with Crippen LogP contribution in [0.25, 0.3) is 0 Å². The predicted octanol–water partition coefficient (Wildman–Crippen LogP) is 3.20. The molecule has 0 aliphatic heterocycles. The standard InChI is InChI=1S/C19H22ClNO5S/c1-27(24,25)21(10-4-7-15-5-2-8-17(20)11-15)13-16-6-3-9-18(12-16)26-14-19(22)23/h2-3,5-6,8-9,11-12H,4,7,10,13-14H2,1H3,(H,22,23). The number of aliphatic carboxylic acids is 1. The van der Waals surface area contributed by atoms with Gasteiger partial charge in [-0.3, -0.25) is 0 Å². The number of carboxylic acid groups (broad SMARTS) is 1. The van der Waals surface area contributed by atoms with Crippen molar-refractivity contribution < 1.29 is 23.1 Å². The minimum Gasteiger partial charge on any atom is -0.482 e. The third-order valence-electron chi connectivity index (χ3n) is 3.85. The zero-order chi connectivity index (χ0) is 19.9. The van der Waals surface area contributed by atoms with Crippen LogP contribution in [-0.4, -0.2) is 43.2 Å². The highest BCUT2D eigenvalue weighted by atomic mass is 35.5. The van der Waals surface area contributed by atoms with Gasteiger partial charge in [-0.25, -0.2) is 13.2 Å². The second kappa shape index (κ2) is 9.73. The largest absolute Gasteiger partial charge is 0.482 e. The topological polar surface area (TPSA) is 83.9 Å². The first-order valence-electron chi connectivity index (χ1n) is 8.37. The molecule has 8 heteroatoms. The van der Waals surface area contributed by atoms with Crippen molar-refractivity contribution in [2.45, 2.75) is 19.4 Å². The van der Waals surface area contributed by atoms with Gasteiger partial charge >= 0.3 is 5.97 Å². The maximum atomic E-state index is 12.1. The van der Waals surface area contributed by atoms with E-state index in [1.165, 1.54) is 10.6 Å². The number of aryl methyl sites for hydroxylation is 1. The van der Waals surface area contributed by atoms with Crippen molar-refractivity contribution in [1.82, 2.24) is 4.31 Å². The number of rotatable bonds is 10. The Labute approximate surface area is 164 Å². The first kappa shape index (κ1) is 21.2. The summed E-state index contributed by atoms with van der Waals surface area (Å²) >= 11 is 5.97. The molecule has 0 saturated carbocycles. The lowest BCUT2D eigenvalue weighted by molar-refractivity contribution is -0.139. The number of hydrogen-bond donors (Lipinski definition) is 1. The van der Waals surface area contributed by atoms with Gasteiger partial charge in [0, 0.05) is 18.1 Å². The van der Waals surface area contributed by atoms with Crippen LogP contribution in [0.15, 0.2) is 48.5 Å². The van der Waals surface area contributed by atoms with Crippen molar-refractivity contribution in [3.63, 3.8) is 0 Å². The third-order valence-corrected chi connectivity index (χ3v) is 5.34. The highest BCUT2D eigenvalue weighted by molar-refractivity contribution is 7.88. The van der Waals surface area contributed by atoms with E-state index in [1.807, 2.05) is 18.2 Å². The Bertz CT molecular complexity index is 885. The number of carboxylic acids is 1. The Hall–Kier alpha value is -2.09. The third kappa shape index (κ3) is 7.58. The maximum absolute atomic E-state index is 12.1. The molecule has 0 aliphatic carbocycles.